The van der Waals surface area contributed by atoms with Crippen LogP contribution in [0.3, 0.4) is 0 Å². The summed E-state index contributed by atoms with van der Waals surface area (Å²) >= 11 is -2.00. The minimum absolute atomic E-state index is 0. The standard InChI is InChI=1S/Ca.2O.Ti.2H/q+2;;;;2*-1. The molecule has 2 nitrogen and oxygen atoms in total. The topological polar surface area (TPSA) is 34.1 Å². The first-order chi connectivity index (χ1) is 1.41. The van der Waals surface area contributed by atoms with Gasteiger partial charge in [0.25, 0.3) is 0 Å². The van der Waals surface area contributed by atoms with Crippen molar-refractivity contribution >= 4 is 37.7 Å². The SMILES string of the molecule is [Ca+2].[H-].[H-].[O]=[Ti]=[O]. The third-order valence-electron chi connectivity index (χ3n) is 0. The van der Waals surface area contributed by atoms with E-state index in [1.54, 1.807) is 0 Å². The van der Waals surface area contributed by atoms with Crippen LogP contribution < -0.4 is 0 Å². The molecule has 20 valence electrons. The zero-order valence-corrected chi connectivity index (χ0v) is 5.79. The molecule has 0 aliphatic heterocycles. The Morgan fingerprint density at radius 3 is 1.50 bits per heavy atom. The van der Waals surface area contributed by atoms with Crippen molar-refractivity contribution in [3.8, 4) is 0 Å². The summed E-state index contributed by atoms with van der Waals surface area (Å²) in [5, 5.41) is 0. The van der Waals surface area contributed by atoms with Crippen molar-refractivity contribution in [2.45, 2.75) is 0 Å². The molecule has 4 heavy (non-hydrogen) atoms. The van der Waals surface area contributed by atoms with Crippen LogP contribution in [0.4, 0.5) is 0 Å². The Balaban J connectivity index is -0.00000000667. The van der Waals surface area contributed by atoms with Crippen molar-refractivity contribution in [1.29, 1.82) is 0 Å². The molecule has 0 aliphatic rings. The van der Waals surface area contributed by atoms with E-state index in [0.29, 0.717) is 0 Å². The average molecular weight is 122 g/mol. The first-order valence-corrected chi connectivity index (χ1v) is 1.68. The third kappa shape index (κ3) is 9.56. The van der Waals surface area contributed by atoms with Crippen molar-refractivity contribution in [2.24, 2.45) is 0 Å². The fraction of sp³-hybridized carbons (Fsp3) is 0. The van der Waals surface area contributed by atoms with Gasteiger partial charge in [0.15, 0.2) is 0 Å². The van der Waals surface area contributed by atoms with Crippen LogP contribution in [0.1, 0.15) is 2.85 Å². The molecule has 0 N–H and O–H groups in total. The molecule has 0 spiro atoms. The second-order valence-electron chi connectivity index (χ2n) is 0.0833. The molecule has 0 aromatic carbocycles. The average Bonchev–Trinajstić information content (AvgIpc) is 0.918. The van der Waals surface area contributed by atoms with Crippen LogP contribution in [-0.4, -0.2) is 37.7 Å². The van der Waals surface area contributed by atoms with Crippen molar-refractivity contribution in [1.82, 2.24) is 0 Å². The zero-order valence-electron chi connectivity index (χ0n) is 4.02. The molecule has 0 aromatic rings. The Hall–Kier alpha value is 1.57. The first kappa shape index (κ1) is 9.13. The second-order valence-corrected chi connectivity index (χ2v) is 0.344. The van der Waals surface area contributed by atoms with Crippen LogP contribution in [0, 0.1) is 0 Å². The predicted molar refractivity (Wildman–Crippen MR) is 9.35 cm³/mol. The summed E-state index contributed by atoms with van der Waals surface area (Å²) in [4.78, 5) is 0. The summed E-state index contributed by atoms with van der Waals surface area (Å²) in [6.45, 7) is 0. The van der Waals surface area contributed by atoms with E-state index in [1.807, 2.05) is 0 Å². The van der Waals surface area contributed by atoms with E-state index in [9.17, 15) is 0 Å². The van der Waals surface area contributed by atoms with Crippen LogP contribution in [-0.2, 0) is 25.7 Å². The van der Waals surface area contributed by atoms with E-state index < -0.39 is 19.1 Å². The van der Waals surface area contributed by atoms with Gasteiger partial charge >= 0.3 is 63.5 Å². The maximum atomic E-state index is 8.50. The Labute approximate surface area is 65.5 Å². The van der Waals surface area contributed by atoms with Gasteiger partial charge in [-0.15, -0.1) is 0 Å². The fourth-order valence-electron chi connectivity index (χ4n) is 0. The second kappa shape index (κ2) is 8.82. The Morgan fingerprint density at radius 2 is 1.50 bits per heavy atom. The molecule has 0 aliphatic carbocycles. The molecular weight excluding hydrogens is 120 g/mol. The summed E-state index contributed by atoms with van der Waals surface area (Å²) in [7, 11) is 0. The number of hydrogen-bond donors (Lipinski definition) is 0. The molecule has 0 aromatic heterocycles. The van der Waals surface area contributed by atoms with Crippen LogP contribution >= 0.6 is 0 Å². The molecule has 0 atom stereocenters. The van der Waals surface area contributed by atoms with Gasteiger partial charge in [-0.05, 0) is 0 Å². The summed E-state index contributed by atoms with van der Waals surface area (Å²) in [6.07, 6.45) is 0. The molecule has 0 saturated heterocycles. The molecule has 0 bridgehead atoms. The van der Waals surface area contributed by atoms with Gasteiger partial charge < -0.3 is 2.85 Å². The summed E-state index contributed by atoms with van der Waals surface area (Å²) in [6, 6.07) is 0. The van der Waals surface area contributed by atoms with E-state index in [0.717, 1.165) is 0 Å². The van der Waals surface area contributed by atoms with E-state index in [2.05, 4.69) is 0 Å². The van der Waals surface area contributed by atoms with Crippen molar-refractivity contribution in [2.75, 3.05) is 0 Å². The summed E-state index contributed by atoms with van der Waals surface area (Å²) in [5.74, 6) is 0. The van der Waals surface area contributed by atoms with Crippen LogP contribution in [0.15, 0.2) is 0 Å². The van der Waals surface area contributed by atoms with E-state index in [1.165, 1.54) is 0 Å². The van der Waals surface area contributed by atoms with Crippen LogP contribution in [0.5, 0.6) is 0 Å². The molecule has 4 heteroatoms. The predicted octanol–water partition coefficient (Wildman–Crippen LogP) is -0.396. The van der Waals surface area contributed by atoms with Crippen LogP contribution in [0.25, 0.3) is 0 Å². The molecular formula is H2CaO2Ti. The minimum atomic E-state index is -2.00. The Morgan fingerprint density at radius 1 is 1.50 bits per heavy atom. The van der Waals surface area contributed by atoms with Gasteiger partial charge in [0.2, 0.25) is 0 Å². The molecule has 0 radical (unpaired) electrons. The van der Waals surface area contributed by atoms with Gasteiger partial charge in [-0.1, -0.05) is 0 Å². The molecule has 0 amide bonds. The fourth-order valence-corrected chi connectivity index (χ4v) is 0. The van der Waals surface area contributed by atoms with Crippen molar-refractivity contribution < 1.29 is 28.6 Å². The molecule has 0 saturated carbocycles. The third-order valence-corrected chi connectivity index (χ3v) is 0. The monoisotopic (exact) mass is 122 g/mol. The van der Waals surface area contributed by atoms with E-state index >= 15 is 0 Å². The van der Waals surface area contributed by atoms with Crippen molar-refractivity contribution in [3.63, 3.8) is 0 Å². The molecule has 0 fully saturated rings. The Bertz CT molecular complexity index is 32.5. The van der Waals surface area contributed by atoms with Gasteiger partial charge in [-0.2, -0.15) is 0 Å². The van der Waals surface area contributed by atoms with Gasteiger partial charge in [-0.3, -0.25) is 0 Å². The Kier molecular flexibility index (Phi) is 20.1. The first-order valence-electron chi connectivity index (χ1n) is 0.408. The van der Waals surface area contributed by atoms with Gasteiger partial charge in [0, 0.05) is 0 Å². The van der Waals surface area contributed by atoms with Crippen molar-refractivity contribution in [3.05, 3.63) is 0 Å². The molecule has 0 unspecified atom stereocenters. The maximum absolute atomic E-state index is 8.50. The summed E-state index contributed by atoms with van der Waals surface area (Å²) in [5.41, 5.74) is 0. The normalized spacial score (nSPS) is 2.00. The quantitative estimate of drug-likeness (QED) is 0.410. The van der Waals surface area contributed by atoms with E-state index in [-0.39, 0.29) is 40.6 Å². The molecule has 0 heterocycles. The van der Waals surface area contributed by atoms with Crippen LogP contribution in [0.2, 0.25) is 0 Å². The summed E-state index contributed by atoms with van der Waals surface area (Å²) < 4.78 is 17.0. The number of rotatable bonds is 0. The number of hydrogen-bond acceptors (Lipinski definition) is 2. The van der Waals surface area contributed by atoms with E-state index in [4.69, 9.17) is 6.65 Å². The van der Waals surface area contributed by atoms with Gasteiger partial charge in [0.05, 0.1) is 0 Å². The molecule has 0 rings (SSSR count). The zero-order chi connectivity index (χ0) is 2.71. The van der Waals surface area contributed by atoms with Gasteiger partial charge in [0.1, 0.15) is 0 Å². The van der Waals surface area contributed by atoms with Gasteiger partial charge in [-0.25, -0.2) is 0 Å².